The van der Waals surface area contributed by atoms with Crippen molar-refractivity contribution in [2.45, 2.75) is 38.6 Å². The second-order valence-corrected chi connectivity index (χ2v) is 4.16. The van der Waals surface area contributed by atoms with Crippen LogP contribution in [0.4, 0.5) is 5.95 Å². The molecule has 2 heterocycles. The van der Waals surface area contributed by atoms with Gasteiger partial charge in [-0.25, -0.2) is 0 Å². The summed E-state index contributed by atoms with van der Waals surface area (Å²) in [5, 5.41) is 7.21. The number of hydrogen-bond donors (Lipinski definition) is 2. The quantitative estimate of drug-likeness (QED) is 0.768. The average Bonchev–Trinajstić information content (AvgIpc) is 2.68. The van der Waals surface area contributed by atoms with E-state index < -0.39 is 0 Å². The van der Waals surface area contributed by atoms with E-state index in [1.54, 1.807) is 0 Å². The van der Waals surface area contributed by atoms with E-state index in [1.807, 2.05) is 0 Å². The molecule has 1 aliphatic rings. The van der Waals surface area contributed by atoms with E-state index in [1.165, 1.54) is 0 Å². The summed E-state index contributed by atoms with van der Waals surface area (Å²) in [5.74, 6) is 1.83. The highest BCUT2D eigenvalue weighted by Crippen LogP contribution is 2.14. The van der Waals surface area contributed by atoms with E-state index in [4.69, 9.17) is 5.73 Å². The average molecular weight is 209 g/mol. The van der Waals surface area contributed by atoms with E-state index >= 15 is 0 Å². The van der Waals surface area contributed by atoms with Crippen LogP contribution in [0.5, 0.6) is 0 Å². The number of nitrogens with zero attached hydrogens (tertiary/aromatic N) is 3. The van der Waals surface area contributed by atoms with Gasteiger partial charge in [-0.2, -0.15) is 4.98 Å². The van der Waals surface area contributed by atoms with Crippen LogP contribution in [0, 0.1) is 0 Å². The van der Waals surface area contributed by atoms with Crippen molar-refractivity contribution in [2.75, 3.05) is 18.0 Å². The maximum absolute atomic E-state index is 5.85. The summed E-state index contributed by atoms with van der Waals surface area (Å²) < 4.78 is 0. The summed E-state index contributed by atoms with van der Waals surface area (Å²) in [6.07, 6.45) is 4.15. The highest BCUT2D eigenvalue weighted by atomic mass is 15.4. The van der Waals surface area contributed by atoms with Crippen molar-refractivity contribution in [3.05, 3.63) is 5.82 Å². The zero-order valence-corrected chi connectivity index (χ0v) is 9.24. The number of H-pyrrole nitrogens is 1. The van der Waals surface area contributed by atoms with Gasteiger partial charge in [0.1, 0.15) is 5.82 Å². The Morgan fingerprint density at radius 1 is 1.47 bits per heavy atom. The normalized spacial score (nSPS) is 18.4. The molecule has 0 amide bonds. The Bertz CT molecular complexity index is 301. The summed E-state index contributed by atoms with van der Waals surface area (Å²) in [5.41, 5.74) is 5.85. The fourth-order valence-electron chi connectivity index (χ4n) is 1.87. The molecule has 1 aromatic heterocycles. The predicted octanol–water partition coefficient (Wildman–Crippen LogP) is 0.685. The zero-order valence-electron chi connectivity index (χ0n) is 9.24. The van der Waals surface area contributed by atoms with Gasteiger partial charge >= 0.3 is 0 Å². The lowest BCUT2D eigenvalue weighted by Crippen LogP contribution is -2.40. The Hall–Kier alpha value is -1.10. The molecule has 0 spiro atoms. The molecule has 15 heavy (non-hydrogen) atoms. The van der Waals surface area contributed by atoms with Crippen molar-refractivity contribution in [2.24, 2.45) is 5.73 Å². The third kappa shape index (κ3) is 2.47. The third-order valence-electron chi connectivity index (χ3n) is 2.83. The summed E-state index contributed by atoms with van der Waals surface area (Å²) in [4.78, 5) is 6.67. The van der Waals surface area contributed by atoms with E-state index in [-0.39, 0.29) is 0 Å². The fraction of sp³-hybridized carbons (Fsp3) is 0.800. The molecule has 2 rings (SSSR count). The molecule has 1 saturated heterocycles. The van der Waals surface area contributed by atoms with Crippen LogP contribution in [0.2, 0.25) is 0 Å². The molecule has 0 atom stereocenters. The third-order valence-corrected chi connectivity index (χ3v) is 2.83. The lowest BCUT2D eigenvalue weighted by atomic mass is 10.1. The van der Waals surface area contributed by atoms with Gasteiger partial charge in [0, 0.05) is 25.6 Å². The number of rotatable bonds is 3. The van der Waals surface area contributed by atoms with Crippen LogP contribution in [0.15, 0.2) is 0 Å². The van der Waals surface area contributed by atoms with Gasteiger partial charge in [-0.05, 0) is 19.3 Å². The van der Waals surface area contributed by atoms with E-state index in [9.17, 15) is 0 Å². The molecule has 5 heteroatoms. The van der Waals surface area contributed by atoms with Gasteiger partial charge in [0.25, 0.3) is 0 Å². The summed E-state index contributed by atoms with van der Waals surface area (Å²) in [7, 11) is 0. The van der Waals surface area contributed by atoms with Gasteiger partial charge in [-0.15, -0.1) is 5.10 Å². The maximum atomic E-state index is 5.85. The molecule has 0 radical (unpaired) electrons. The van der Waals surface area contributed by atoms with Crippen LogP contribution in [-0.2, 0) is 6.42 Å². The lowest BCUT2D eigenvalue weighted by Gasteiger charge is -2.28. The van der Waals surface area contributed by atoms with Crippen LogP contribution < -0.4 is 10.6 Å². The molecule has 1 aromatic rings. The van der Waals surface area contributed by atoms with Crippen molar-refractivity contribution < 1.29 is 0 Å². The van der Waals surface area contributed by atoms with Crippen LogP contribution >= 0.6 is 0 Å². The van der Waals surface area contributed by atoms with Crippen molar-refractivity contribution in [3.63, 3.8) is 0 Å². The summed E-state index contributed by atoms with van der Waals surface area (Å²) in [6, 6.07) is 0.357. The van der Waals surface area contributed by atoms with Crippen LogP contribution in [0.1, 0.15) is 32.0 Å². The Morgan fingerprint density at radius 3 is 2.87 bits per heavy atom. The Kier molecular flexibility index (Phi) is 3.20. The second-order valence-electron chi connectivity index (χ2n) is 4.16. The van der Waals surface area contributed by atoms with Gasteiger partial charge in [0.15, 0.2) is 0 Å². The summed E-state index contributed by atoms with van der Waals surface area (Å²) in [6.45, 7) is 4.09. The first-order valence-corrected chi connectivity index (χ1v) is 5.71. The molecule has 0 bridgehead atoms. The maximum Gasteiger partial charge on any atom is 0.244 e. The Balaban J connectivity index is 1.96. The minimum atomic E-state index is 0.357. The molecule has 0 aromatic carbocycles. The van der Waals surface area contributed by atoms with Gasteiger partial charge in [0.2, 0.25) is 5.95 Å². The van der Waals surface area contributed by atoms with Crippen LogP contribution in [0.25, 0.3) is 0 Å². The topological polar surface area (TPSA) is 70.8 Å². The molecule has 0 aliphatic carbocycles. The van der Waals surface area contributed by atoms with Gasteiger partial charge in [-0.1, -0.05) is 6.92 Å². The monoisotopic (exact) mass is 209 g/mol. The minimum absolute atomic E-state index is 0.357. The molecule has 1 aliphatic heterocycles. The molecule has 5 nitrogen and oxygen atoms in total. The number of aromatic amines is 1. The lowest BCUT2D eigenvalue weighted by molar-refractivity contribution is 0.496. The van der Waals surface area contributed by atoms with Crippen molar-refractivity contribution >= 4 is 5.95 Å². The standard InChI is InChI=1S/C10H19N5/c1-2-3-9-12-10(14-13-9)15-6-4-8(11)5-7-15/h8H,2-7,11H2,1H3,(H,12,13,14). The zero-order chi connectivity index (χ0) is 10.7. The molecule has 3 N–H and O–H groups in total. The number of anilines is 1. The molecule has 0 saturated carbocycles. The molecule has 1 fully saturated rings. The van der Waals surface area contributed by atoms with Crippen molar-refractivity contribution in [3.8, 4) is 0 Å². The molecular formula is C10H19N5. The van der Waals surface area contributed by atoms with Crippen molar-refractivity contribution in [1.82, 2.24) is 15.2 Å². The van der Waals surface area contributed by atoms with E-state index in [0.717, 1.165) is 50.5 Å². The van der Waals surface area contributed by atoms with E-state index in [0.29, 0.717) is 6.04 Å². The van der Waals surface area contributed by atoms with Crippen LogP contribution in [-0.4, -0.2) is 34.3 Å². The highest BCUT2D eigenvalue weighted by Gasteiger charge is 2.19. The number of hydrogen-bond acceptors (Lipinski definition) is 4. The van der Waals surface area contributed by atoms with E-state index in [2.05, 4.69) is 27.0 Å². The molecular weight excluding hydrogens is 190 g/mol. The minimum Gasteiger partial charge on any atom is -0.339 e. The van der Waals surface area contributed by atoms with Crippen molar-refractivity contribution in [1.29, 1.82) is 0 Å². The number of nitrogens with two attached hydrogens (primary N) is 1. The first-order chi connectivity index (χ1) is 7.29. The first-order valence-electron chi connectivity index (χ1n) is 5.71. The van der Waals surface area contributed by atoms with Crippen LogP contribution in [0.3, 0.4) is 0 Å². The fourth-order valence-corrected chi connectivity index (χ4v) is 1.87. The van der Waals surface area contributed by atoms with Gasteiger partial charge < -0.3 is 10.6 Å². The van der Waals surface area contributed by atoms with Gasteiger partial charge in [-0.3, -0.25) is 5.10 Å². The smallest absolute Gasteiger partial charge is 0.244 e. The molecule has 0 unspecified atom stereocenters. The Morgan fingerprint density at radius 2 is 2.20 bits per heavy atom. The number of piperidine rings is 1. The number of aryl methyl sites for hydroxylation is 1. The number of aromatic nitrogens is 3. The largest absolute Gasteiger partial charge is 0.339 e. The SMILES string of the molecule is CCCc1nc(N2CCC(N)CC2)n[nH]1. The summed E-state index contributed by atoms with van der Waals surface area (Å²) >= 11 is 0. The number of nitrogens with one attached hydrogen (secondary N) is 1. The van der Waals surface area contributed by atoms with Gasteiger partial charge in [0.05, 0.1) is 0 Å². The highest BCUT2D eigenvalue weighted by molar-refractivity contribution is 5.29. The second kappa shape index (κ2) is 4.61. The predicted molar refractivity (Wildman–Crippen MR) is 59.8 cm³/mol. The molecule has 84 valence electrons. The Labute approximate surface area is 90.1 Å². The first kappa shape index (κ1) is 10.4.